The van der Waals surface area contributed by atoms with E-state index in [0.717, 1.165) is 47.4 Å². The third-order valence-electron chi connectivity index (χ3n) is 4.88. The molecule has 4 rings (SSSR count). The van der Waals surface area contributed by atoms with Crippen LogP contribution in [-0.2, 0) is 13.0 Å². The van der Waals surface area contributed by atoms with Crippen molar-refractivity contribution in [2.24, 2.45) is 0 Å². The molecule has 144 valence electrons. The highest BCUT2D eigenvalue weighted by Gasteiger charge is 2.21. The highest BCUT2D eigenvalue weighted by molar-refractivity contribution is 5.58. The predicted octanol–water partition coefficient (Wildman–Crippen LogP) is 3.45. The summed E-state index contributed by atoms with van der Waals surface area (Å²) in [6.07, 6.45) is 2.19. The van der Waals surface area contributed by atoms with E-state index >= 15 is 0 Å². The minimum atomic E-state index is -0.426. The van der Waals surface area contributed by atoms with Crippen LogP contribution in [0.3, 0.4) is 0 Å². The molecule has 1 heterocycles. The summed E-state index contributed by atoms with van der Waals surface area (Å²) >= 11 is 0. The van der Waals surface area contributed by atoms with Gasteiger partial charge in [-0.2, -0.15) is 15.0 Å². The molecule has 0 radical (unpaired) electrons. The van der Waals surface area contributed by atoms with Crippen molar-refractivity contribution in [1.29, 1.82) is 0 Å². The zero-order valence-corrected chi connectivity index (χ0v) is 15.7. The third-order valence-corrected chi connectivity index (χ3v) is 4.88. The molecule has 1 aliphatic carbocycles. The van der Waals surface area contributed by atoms with Gasteiger partial charge in [-0.15, -0.1) is 0 Å². The standard InChI is InChI=1S/C21H23N5O2/c1-13-6-2-3-9-16(13)23-21-25-19(24-20(22)26-21)12-28-18-11-5-7-14-15(18)8-4-10-17(14)27/h2-3,5-7,9,11,17,27H,4,8,10,12H2,1H3,(H3,22,23,24,25,26). The summed E-state index contributed by atoms with van der Waals surface area (Å²) in [7, 11) is 0. The second-order valence-electron chi connectivity index (χ2n) is 6.89. The fourth-order valence-corrected chi connectivity index (χ4v) is 3.46. The molecule has 0 fully saturated rings. The summed E-state index contributed by atoms with van der Waals surface area (Å²) in [5.41, 5.74) is 9.85. The maximum atomic E-state index is 10.2. The molecule has 1 aromatic heterocycles. The van der Waals surface area contributed by atoms with E-state index in [0.29, 0.717) is 11.8 Å². The molecule has 0 saturated carbocycles. The number of nitrogens with zero attached hydrogens (tertiary/aromatic N) is 3. The quantitative estimate of drug-likeness (QED) is 0.625. The first-order chi connectivity index (χ1) is 13.6. The van der Waals surface area contributed by atoms with E-state index in [1.165, 1.54) is 0 Å². The fraction of sp³-hybridized carbons (Fsp3) is 0.286. The Morgan fingerprint density at radius 3 is 2.86 bits per heavy atom. The lowest BCUT2D eigenvalue weighted by Gasteiger charge is -2.23. The van der Waals surface area contributed by atoms with E-state index in [9.17, 15) is 5.11 Å². The summed E-state index contributed by atoms with van der Waals surface area (Å²) < 4.78 is 5.98. The van der Waals surface area contributed by atoms with Crippen LogP contribution in [0.4, 0.5) is 17.6 Å². The number of nitrogens with two attached hydrogens (primary N) is 1. The number of fused-ring (bicyclic) bond motifs is 1. The summed E-state index contributed by atoms with van der Waals surface area (Å²) in [4.78, 5) is 12.8. The van der Waals surface area contributed by atoms with Crippen molar-refractivity contribution < 1.29 is 9.84 Å². The van der Waals surface area contributed by atoms with Crippen LogP contribution in [0.15, 0.2) is 42.5 Å². The molecule has 3 aromatic rings. The summed E-state index contributed by atoms with van der Waals surface area (Å²) in [6.45, 7) is 2.17. The minimum absolute atomic E-state index is 0.134. The molecule has 2 aromatic carbocycles. The van der Waals surface area contributed by atoms with Gasteiger partial charge in [0, 0.05) is 5.69 Å². The number of nitrogens with one attached hydrogen (secondary N) is 1. The van der Waals surface area contributed by atoms with Crippen LogP contribution in [-0.4, -0.2) is 20.1 Å². The van der Waals surface area contributed by atoms with E-state index in [2.05, 4.69) is 20.3 Å². The number of aromatic nitrogens is 3. The van der Waals surface area contributed by atoms with E-state index in [1.807, 2.05) is 49.4 Å². The Morgan fingerprint density at radius 1 is 1.14 bits per heavy atom. The van der Waals surface area contributed by atoms with Gasteiger partial charge in [-0.05, 0) is 55.0 Å². The van der Waals surface area contributed by atoms with Gasteiger partial charge in [-0.1, -0.05) is 30.3 Å². The van der Waals surface area contributed by atoms with Crippen molar-refractivity contribution in [3.05, 3.63) is 65.0 Å². The normalized spacial score (nSPS) is 15.7. The number of benzene rings is 2. The molecule has 28 heavy (non-hydrogen) atoms. The van der Waals surface area contributed by atoms with Crippen molar-refractivity contribution >= 4 is 17.6 Å². The largest absolute Gasteiger partial charge is 0.485 e. The number of rotatable bonds is 5. The van der Waals surface area contributed by atoms with Crippen LogP contribution < -0.4 is 15.8 Å². The average Bonchev–Trinajstić information content (AvgIpc) is 2.68. The lowest BCUT2D eigenvalue weighted by molar-refractivity contribution is 0.155. The molecule has 7 nitrogen and oxygen atoms in total. The van der Waals surface area contributed by atoms with Gasteiger partial charge in [0.2, 0.25) is 11.9 Å². The van der Waals surface area contributed by atoms with Gasteiger partial charge in [0.15, 0.2) is 5.82 Å². The van der Waals surface area contributed by atoms with E-state index in [-0.39, 0.29) is 12.6 Å². The molecule has 0 aliphatic heterocycles. The second-order valence-corrected chi connectivity index (χ2v) is 6.89. The van der Waals surface area contributed by atoms with Gasteiger partial charge in [0.1, 0.15) is 12.4 Å². The molecule has 0 spiro atoms. The summed E-state index contributed by atoms with van der Waals surface area (Å²) in [6, 6.07) is 13.6. The van der Waals surface area contributed by atoms with Gasteiger partial charge in [-0.25, -0.2) is 0 Å². The number of aliphatic hydroxyl groups is 1. The summed E-state index contributed by atoms with van der Waals surface area (Å²) in [5, 5.41) is 13.4. The Balaban J connectivity index is 1.53. The lowest BCUT2D eigenvalue weighted by Crippen LogP contribution is -2.13. The number of hydrogen-bond acceptors (Lipinski definition) is 7. The molecule has 4 N–H and O–H groups in total. The minimum Gasteiger partial charge on any atom is -0.485 e. The van der Waals surface area contributed by atoms with Crippen LogP contribution in [0.1, 0.15) is 41.5 Å². The van der Waals surface area contributed by atoms with Crippen LogP contribution >= 0.6 is 0 Å². The number of nitrogen functional groups attached to an aromatic ring is 1. The van der Waals surface area contributed by atoms with Crippen molar-refractivity contribution in [1.82, 2.24) is 15.0 Å². The number of anilines is 3. The van der Waals surface area contributed by atoms with Crippen LogP contribution in [0.5, 0.6) is 5.75 Å². The van der Waals surface area contributed by atoms with E-state index < -0.39 is 6.10 Å². The predicted molar refractivity (Wildman–Crippen MR) is 107 cm³/mol. The lowest BCUT2D eigenvalue weighted by atomic mass is 9.89. The van der Waals surface area contributed by atoms with Crippen LogP contribution in [0, 0.1) is 6.92 Å². The first-order valence-electron chi connectivity index (χ1n) is 9.36. The third kappa shape index (κ3) is 3.89. The molecule has 1 unspecified atom stereocenters. The first kappa shape index (κ1) is 18.2. The highest BCUT2D eigenvalue weighted by atomic mass is 16.5. The Hall–Kier alpha value is -3.19. The van der Waals surface area contributed by atoms with Crippen molar-refractivity contribution in [2.75, 3.05) is 11.1 Å². The Bertz CT molecular complexity index is 992. The van der Waals surface area contributed by atoms with Crippen LogP contribution in [0.25, 0.3) is 0 Å². The first-order valence-corrected chi connectivity index (χ1v) is 9.36. The monoisotopic (exact) mass is 377 g/mol. The maximum Gasteiger partial charge on any atom is 0.232 e. The molecule has 7 heteroatoms. The molecule has 0 amide bonds. The van der Waals surface area contributed by atoms with Gasteiger partial charge >= 0.3 is 0 Å². The Morgan fingerprint density at radius 2 is 2.00 bits per heavy atom. The van der Waals surface area contributed by atoms with Crippen molar-refractivity contribution in [2.45, 2.75) is 38.9 Å². The number of para-hydroxylation sites is 1. The van der Waals surface area contributed by atoms with Gasteiger partial charge in [0.05, 0.1) is 6.10 Å². The zero-order valence-electron chi connectivity index (χ0n) is 15.7. The van der Waals surface area contributed by atoms with E-state index in [1.54, 1.807) is 0 Å². The van der Waals surface area contributed by atoms with Crippen LogP contribution in [0.2, 0.25) is 0 Å². The van der Waals surface area contributed by atoms with Gasteiger partial charge in [-0.3, -0.25) is 0 Å². The van der Waals surface area contributed by atoms with Crippen molar-refractivity contribution in [3.63, 3.8) is 0 Å². The molecular weight excluding hydrogens is 354 g/mol. The number of aryl methyl sites for hydroxylation is 1. The smallest absolute Gasteiger partial charge is 0.232 e. The SMILES string of the molecule is Cc1ccccc1Nc1nc(N)nc(COc2cccc3c2CCCC3O)n1. The fourth-order valence-electron chi connectivity index (χ4n) is 3.46. The second kappa shape index (κ2) is 7.82. The molecule has 1 aliphatic rings. The average molecular weight is 377 g/mol. The number of aliphatic hydroxyl groups excluding tert-OH is 1. The van der Waals surface area contributed by atoms with Crippen molar-refractivity contribution in [3.8, 4) is 5.75 Å². The Kier molecular flexibility index (Phi) is 5.08. The van der Waals surface area contributed by atoms with E-state index in [4.69, 9.17) is 10.5 Å². The molecular formula is C21H23N5O2. The maximum absolute atomic E-state index is 10.2. The number of ether oxygens (including phenoxy) is 1. The number of hydrogen-bond donors (Lipinski definition) is 3. The van der Waals surface area contributed by atoms with Gasteiger partial charge in [0.25, 0.3) is 0 Å². The van der Waals surface area contributed by atoms with Gasteiger partial charge < -0.3 is 20.9 Å². The molecule has 0 saturated heterocycles. The highest BCUT2D eigenvalue weighted by Crippen LogP contribution is 2.35. The Labute approximate surface area is 163 Å². The summed E-state index contributed by atoms with van der Waals surface area (Å²) in [5.74, 6) is 1.71. The molecule has 0 bridgehead atoms. The topological polar surface area (TPSA) is 106 Å². The molecule has 1 atom stereocenters. The zero-order chi connectivity index (χ0) is 19.5.